The number of hydrogen-bond acceptors (Lipinski definition) is 3. The van der Waals surface area contributed by atoms with Crippen LogP contribution in [0.2, 0.25) is 0 Å². The number of carbonyl (C=O) groups is 2. The molecule has 0 radical (unpaired) electrons. The Kier molecular flexibility index (Phi) is 5.65. The van der Waals surface area contributed by atoms with Crippen LogP contribution in [-0.2, 0) is 0 Å². The minimum Gasteiger partial charge on any atom is -0.267 e. The van der Waals surface area contributed by atoms with Crippen molar-refractivity contribution in [2.45, 2.75) is 40.2 Å². The van der Waals surface area contributed by atoms with Gasteiger partial charge in [-0.3, -0.25) is 9.59 Å². The zero-order valence-electron chi connectivity index (χ0n) is 16.1. The Labute approximate surface area is 158 Å². The van der Waals surface area contributed by atoms with E-state index in [1.165, 1.54) is 25.1 Å². The maximum atomic E-state index is 13.9. The lowest BCUT2D eigenvalue weighted by Gasteiger charge is -2.39. The smallest absolute Gasteiger partial charge is 0.267 e. The molecule has 140 valence electrons. The van der Waals surface area contributed by atoms with Crippen molar-refractivity contribution >= 4 is 11.8 Å². The van der Waals surface area contributed by atoms with E-state index in [4.69, 9.17) is 0 Å². The molecule has 5 nitrogen and oxygen atoms in total. The second kappa shape index (κ2) is 7.58. The van der Waals surface area contributed by atoms with Crippen molar-refractivity contribution in [2.24, 2.45) is 0 Å². The molecule has 0 N–H and O–H groups in total. The maximum absolute atomic E-state index is 13.9. The highest BCUT2D eigenvalue weighted by atomic mass is 19.1. The molecule has 0 aliphatic rings. The Balaban J connectivity index is 2.54. The van der Waals surface area contributed by atoms with E-state index in [-0.39, 0.29) is 11.1 Å². The van der Waals surface area contributed by atoms with Crippen LogP contribution < -0.4 is 0 Å². The van der Waals surface area contributed by atoms with E-state index in [1.807, 2.05) is 13.0 Å². The molecule has 2 rings (SSSR count). The molecule has 0 atom stereocenters. The molecule has 0 aliphatic carbocycles. The molecule has 6 heteroatoms. The number of nitriles is 1. The third-order valence-electron chi connectivity index (χ3n) is 4.08. The Bertz CT molecular complexity index is 926. The quantitative estimate of drug-likeness (QED) is 0.453. The third-order valence-corrected chi connectivity index (χ3v) is 4.08. The number of halogens is 1. The van der Waals surface area contributed by atoms with Crippen molar-refractivity contribution in [1.82, 2.24) is 10.0 Å². The highest BCUT2D eigenvalue weighted by Gasteiger charge is 2.37. The zero-order valence-corrected chi connectivity index (χ0v) is 16.1. The normalized spacial score (nSPS) is 10.9. The van der Waals surface area contributed by atoms with E-state index in [0.29, 0.717) is 10.6 Å². The SMILES string of the molecule is Cc1cccc(C(=O)N(N(C#N)C(=O)c2cccc(F)c2C)C(C)(C)C)c1. The average Bonchev–Trinajstić information content (AvgIpc) is 2.59. The summed E-state index contributed by atoms with van der Waals surface area (Å²) in [5, 5.41) is 11.5. The third kappa shape index (κ3) is 4.14. The first kappa shape index (κ1) is 20.1. The Morgan fingerprint density at radius 1 is 1.04 bits per heavy atom. The first-order valence-electron chi connectivity index (χ1n) is 8.48. The van der Waals surface area contributed by atoms with Crippen molar-refractivity contribution in [2.75, 3.05) is 0 Å². The summed E-state index contributed by atoms with van der Waals surface area (Å²) in [4.78, 5) is 26.1. The first-order valence-corrected chi connectivity index (χ1v) is 8.48. The van der Waals surface area contributed by atoms with Gasteiger partial charge in [0.25, 0.3) is 11.8 Å². The summed E-state index contributed by atoms with van der Waals surface area (Å²) in [7, 11) is 0. The molecule has 2 amide bonds. The summed E-state index contributed by atoms with van der Waals surface area (Å²) in [5.74, 6) is -1.80. The molecule has 27 heavy (non-hydrogen) atoms. The van der Waals surface area contributed by atoms with Gasteiger partial charge in [-0.1, -0.05) is 23.8 Å². The Hall–Kier alpha value is -3.20. The van der Waals surface area contributed by atoms with E-state index in [2.05, 4.69) is 0 Å². The molecular formula is C21H22FN3O2. The second-order valence-corrected chi connectivity index (χ2v) is 7.29. The van der Waals surface area contributed by atoms with E-state index < -0.39 is 23.2 Å². The van der Waals surface area contributed by atoms with Crippen molar-refractivity contribution < 1.29 is 14.0 Å². The fourth-order valence-corrected chi connectivity index (χ4v) is 2.73. The lowest BCUT2D eigenvalue weighted by atomic mass is 10.0. The van der Waals surface area contributed by atoms with Crippen LogP contribution in [0.4, 0.5) is 4.39 Å². The monoisotopic (exact) mass is 367 g/mol. The summed E-state index contributed by atoms with van der Waals surface area (Å²) in [6.45, 7) is 8.47. The molecular weight excluding hydrogens is 345 g/mol. The van der Waals surface area contributed by atoms with Gasteiger partial charge in [-0.2, -0.15) is 5.26 Å². The van der Waals surface area contributed by atoms with Gasteiger partial charge in [0.05, 0.1) is 5.54 Å². The lowest BCUT2D eigenvalue weighted by molar-refractivity contribution is -0.0167. The van der Waals surface area contributed by atoms with Crippen LogP contribution in [0, 0.1) is 31.1 Å². The molecule has 0 bridgehead atoms. The van der Waals surface area contributed by atoms with Crippen molar-refractivity contribution in [1.29, 1.82) is 5.26 Å². The van der Waals surface area contributed by atoms with E-state index in [9.17, 15) is 19.2 Å². The van der Waals surface area contributed by atoms with Crippen LogP contribution in [0.25, 0.3) is 0 Å². The lowest BCUT2D eigenvalue weighted by Crippen LogP contribution is -2.56. The first-order chi connectivity index (χ1) is 12.6. The van der Waals surface area contributed by atoms with Gasteiger partial charge in [-0.05, 0) is 64.4 Å². The Morgan fingerprint density at radius 2 is 1.67 bits per heavy atom. The molecule has 0 saturated carbocycles. The number of carbonyl (C=O) groups excluding carboxylic acids is 2. The molecule has 2 aromatic carbocycles. The van der Waals surface area contributed by atoms with Gasteiger partial charge in [0.15, 0.2) is 0 Å². The second-order valence-electron chi connectivity index (χ2n) is 7.29. The number of amides is 2. The maximum Gasteiger partial charge on any atom is 0.286 e. The number of aryl methyl sites for hydroxylation is 1. The number of hydrazine groups is 1. The molecule has 2 aromatic rings. The van der Waals surface area contributed by atoms with Crippen LogP contribution >= 0.6 is 0 Å². The predicted molar refractivity (Wildman–Crippen MR) is 100 cm³/mol. The van der Waals surface area contributed by atoms with Gasteiger partial charge in [0.2, 0.25) is 6.19 Å². The van der Waals surface area contributed by atoms with Crippen molar-refractivity contribution in [3.8, 4) is 6.19 Å². The van der Waals surface area contributed by atoms with Crippen molar-refractivity contribution in [3.05, 3.63) is 70.5 Å². The van der Waals surface area contributed by atoms with Crippen molar-refractivity contribution in [3.63, 3.8) is 0 Å². The summed E-state index contributed by atoms with van der Waals surface area (Å²) in [6.07, 6.45) is 1.79. The van der Waals surface area contributed by atoms with Crippen LogP contribution in [-0.4, -0.2) is 27.4 Å². The number of benzene rings is 2. The summed E-state index contributed by atoms with van der Waals surface area (Å²) in [5.41, 5.74) is 0.523. The van der Waals surface area contributed by atoms with Crippen LogP contribution in [0.5, 0.6) is 0 Å². The van der Waals surface area contributed by atoms with Crippen LogP contribution in [0.3, 0.4) is 0 Å². The van der Waals surface area contributed by atoms with Gasteiger partial charge in [-0.25, -0.2) is 9.40 Å². The standard InChI is InChI=1S/C21H22FN3O2/c1-14-8-6-9-16(12-14)19(26)25(21(3,4)5)24(13-23)20(27)17-10-7-11-18(22)15(17)2/h6-12H,1-5H3. The fourth-order valence-electron chi connectivity index (χ4n) is 2.73. The summed E-state index contributed by atoms with van der Waals surface area (Å²) >= 11 is 0. The van der Waals surface area contributed by atoms with Crippen LogP contribution in [0.1, 0.15) is 52.6 Å². The van der Waals surface area contributed by atoms with E-state index in [1.54, 1.807) is 45.2 Å². The number of hydrogen-bond donors (Lipinski definition) is 0. The molecule has 0 aromatic heterocycles. The molecule has 0 unspecified atom stereocenters. The fraction of sp³-hybridized carbons (Fsp3) is 0.286. The summed E-state index contributed by atoms with van der Waals surface area (Å²) < 4.78 is 13.9. The largest absolute Gasteiger partial charge is 0.286 e. The van der Waals surface area contributed by atoms with Crippen LogP contribution in [0.15, 0.2) is 42.5 Å². The molecule has 0 aliphatic heterocycles. The topological polar surface area (TPSA) is 64.4 Å². The van der Waals surface area contributed by atoms with Gasteiger partial charge in [0, 0.05) is 11.1 Å². The van der Waals surface area contributed by atoms with Gasteiger partial charge in [-0.15, -0.1) is 5.01 Å². The highest BCUT2D eigenvalue weighted by molar-refractivity contribution is 6.01. The van der Waals surface area contributed by atoms with E-state index >= 15 is 0 Å². The predicted octanol–water partition coefficient (Wildman–Crippen LogP) is 4.22. The van der Waals surface area contributed by atoms with Gasteiger partial charge in [0.1, 0.15) is 5.82 Å². The zero-order chi connectivity index (χ0) is 20.4. The Morgan fingerprint density at radius 3 is 2.22 bits per heavy atom. The minimum atomic E-state index is -0.868. The van der Waals surface area contributed by atoms with Gasteiger partial charge < -0.3 is 0 Å². The van der Waals surface area contributed by atoms with E-state index in [0.717, 1.165) is 10.6 Å². The highest BCUT2D eigenvalue weighted by Crippen LogP contribution is 2.23. The minimum absolute atomic E-state index is 0.0304. The molecule has 0 heterocycles. The number of rotatable bonds is 2. The summed E-state index contributed by atoms with van der Waals surface area (Å²) in [6, 6.07) is 11.0. The van der Waals surface area contributed by atoms with Gasteiger partial charge >= 0.3 is 0 Å². The molecule has 0 fully saturated rings. The molecule has 0 saturated heterocycles. The molecule has 0 spiro atoms. The average molecular weight is 367 g/mol. The number of nitrogens with zero attached hydrogens (tertiary/aromatic N) is 3.